The summed E-state index contributed by atoms with van der Waals surface area (Å²) in [5.41, 5.74) is -1.97. The number of aromatic nitrogens is 4. The number of halogens is 3. The van der Waals surface area contributed by atoms with E-state index in [-0.39, 0.29) is 22.6 Å². The van der Waals surface area contributed by atoms with Gasteiger partial charge in [-0.05, 0) is 30.9 Å². The SMILES string of the molecule is CS(=O)(=O)c1ccc(-n2nc(C(F)(F)F)c(C#N)c2NCC2CCCCC2)nn1. The molecule has 1 aliphatic rings. The highest BCUT2D eigenvalue weighted by Gasteiger charge is 2.40. The van der Waals surface area contributed by atoms with Crippen LogP contribution in [0.2, 0.25) is 0 Å². The Kier molecular flexibility index (Phi) is 5.79. The molecule has 2 aromatic rings. The van der Waals surface area contributed by atoms with Crippen molar-refractivity contribution in [3.8, 4) is 11.9 Å². The Labute approximate surface area is 165 Å². The third-order valence-corrected chi connectivity index (χ3v) is 5.75. The molecule has 0 unspecified atom stereocenters. The van der Waals surface area contributed by atoms with Crippen LogP contribution in [0, 0.1) is 17.2 Å². The molecule has 1 fully saturated rings. The zero-order valence-electron chi connectivity index (χ0n) is 15.6. The molecule has 0 saturated heterocycles. The fraction of sp³-hybridized carbons (Fsp3) is 0.529. The van der Waals surface area contributed by atoms with E-state index in [9.17, 15) is 26.9 Å². The molecule has 2 aromatic heterocycles. The van der Waals surface area contributed by atoms with Gasteiger partial charge in [0.2, 0.25) is 0 Å². The molecule has 1 aliphatic carbocycles. The summed E-state index contributed by atoms with van der Waals surface area (Å²) >= 11 is 0. The molecule has 0 radical (unpaired) electrons. The number of nitrogens with zero attached hydrogens (tertiary/aromatic N) is 5. The van der Waals surface area contributed by atoms with Crippen molar-refractivity contribution in [3.05, 3.63) is 23.4 Å². The largest absolute Gasteiger partial charge is 0.436 e. The molecule has 156 valence electrons. The molecule has 0 atom stereocenters. The summed E-state index contributed by atoms with van der Waals surface area (Å²) in [6, 6.07) is 3.90. The lowest BCUT2D eigenvalue weighted by Crippen LogP contribution is -2.19. The van der Waals surface area contributed by atoms with Crippen molar-refractivity contribution in [2.45, 2.75) is 43.3 Å². The molecule has 29 heavy (non-hydrogen) atoms. The van der Waals surface area contributed by atoms with E-state index in [1.54, 1.807) is 6.07 Å². The topological polar surface area (TPSA) is 114 Å². The molecular weight excluding hydrogens is 409 g/mol. The van der Waals surface area contributed by atoms with Crippen LogP contribution in [0.5, 0.6) is 0 Å². The smallest absolute Gasteiger partial charge is 0.369 e. The van der Waals surface area contributed by atoms with Crippen LogP contribution in [-0.2, 0) is 16.0 Å². The summed E-state index contributed by atoms with van der Waals surface area (Å²) < 4.78 is 64.1. The van der Waals surface area contributed by atoms with E-state index in [4.69, 9.17) is 0 Å². The first kappa shape index (κ1) is 21.0. The minimum atomic E-state index is -4.84. The zero-order chi connectivity index (χ0) is 21.2. The van der Waals surface area contributed by atoms with Gasteiger partial charge in [0.25, 0.3) is 0 Å². The highest BCUT2D eigenvalue weighted by Crippen LogP contribution is 2.35. The van der Waals surface area contributed by atoms with Gasteiger partial charge in [-0.25, -0.2) is 8.42 Å². The molecule has 2 heterocycles. The van der Waals surface area contributed by atoms with Crippen LogP contribution in [0.3, 0.4) is 0 Å². The average molecular weight is 428 g/mol. The van der Waals surface area contributed by atoms with Crippen molar-refractivity contribution in [1.82, 2.24) is 20.0 Å². The maximum atomic E-state index is 13.4. The van der Waals surface area contributed by atoms with Gasteiger partial charge < -0.3 is 5.32 Å². The van der Waals surface area contributed by atoms with Crippen LogP contribution < -0.4 is 5.32 Å². The molecule has 3 rings (SSSR count). The molecule has 0 aliphatic heterocycles. The van der Waals surface area contributed by atoms with Crippen LogP contribution in [0.25, 0.3) is 5.82 Å². The maximum absolute atomic E-state index is 13.4. The van der Waals surface area contributed by atoms with E-state index in [1.165, 1.54) is 6.07 Å². The second-order valence-electron chi connectivity index (χ2n) is 6.98. The minimum absolute atomic E-state index is 0.129. The number of hydrogen-bond donors (Lipinski definition) is 1. The highest BCUT2D eigenvalue weighted by molar-refractivity contribution is 7.90. The fourth-order valence-corrected chi connectivity index (χ4v) is 3.81. The van der Waals surface area contributed by atoms with Gasteiger partial charge in [0, 0.05) is 12.8 Å². The number of alkyl halides is 3. The number of sulfone groups is 1. The van der Waals surface area contributed by atoms with E-state index < -0.39 is 27.3 Å². The number of anilines is 1. The van der Waals surface area contributed by atoms with Gasteiger partial charge in [0.1, 0.15) is 17.5 Å². The molecule has 12 heteroatoms. The number of rotatable bonds is 5. The Morgan fingerprint density at radius 2 is 1.93 bits per heavy atom. The fourth-order valence-electron chi connectivity index (χ4n) is 3.31. The third kappa shape index (κ3) is 4.67. The van der Waals surface area contributed by atoms with E-state index >= 15 is 0 Å². The minimum Gasteiger partial charge on any atom is -0.369 e. The van der Waals surface area contributed by atoms with Crippen LogP contribution in [0.15, 0.2) is 17.2 Å². The van der Waals surface area contributed by atoms with Gasteiger partial charge in [-0.1, -0.05) is 19.3 Å². The Morgan fingerprint density at radius 3 is 2.45 bits per heavy atom. The van der Waals surface area contributed by atoms with Crippen LogP contribution in [-0.4, -0.2) is 41.2 Å². The number of nitriles is 1. The Bertz CT molecular complexity index is 1020. The molecule has 0 aromatic carbocycles. The van der Waals surface area contributed by atoms with E-state index in [0.717, 1.165) is 49.1 Å². The lowest BCUT2D eigenvalue weighted by Gasteiger charge is -2.22. The number of hydrogen-bond acceptors (Lipinski definition) is 7. The molecule has 0 amide bonds. The molecule has 1 N–H and O–H groups in total. The zero-order valence-corrected chi connectivity index (χ0v) is 16.4. The molecule has 1 saturated carbocycles. The first-order valence-electron chi connectivity index (χ1n) is 8.99. The van der Waals surface area contributed by atoms with Gasteiger partial charge in [-0.2, -0.15) is 28.2 Å². The second-order valence-corrected chi connectivity index (χ2v) is 8.94. The average Bonchev–Trinajstić information content (AvgIpc) is 3.05. The van der Waals surface area contributed by atoms with Crippen molar-refractivity contribution >= 4 is 15.7 Å². The summed E-state index contributed by atoms with van der Waals surface area (Å²) in [5, 5.41) is 22.7. The summed E-state index contributed by atoms with van der Waals surface area (Å²) in [6.45, 7) is 0.395. The van der Waals surface area contributed by atoms with Gasteiger partial charge in [-0.15, -0.1) is 10.2 Å². The van der Waals surface area contributed by atoms with Crippen molar-refractivity contribution in [1.29, 1.82) is 5.26 Å². The normalized spacial score (nSPS) is 15.8. The maximum Gasteiger partial charge on any atom is 0.436 e. The monoisotopic (exact) mass is 428 g/mol. The number of nitrogens with one attached hydrogen (secondary N) is 1. The molecule has 8 nitrogen and oxygen atoms in total. The summed E-state index contributed by atoms with van der Waals surface area (Å²) in [6.07, 6.45) is 1.27. The van der Waals surface area contributed by atoms with Gasteiger partial charge >= 0.3 is 6.18 Å². The first-order valence-corrected chi connectivity index (χ1v) is 10.9. The quantitative estimate of drug-likeness (QED) is 0.779. The highest BCUT2D eigenvalue weighted by atomic mass is 32.2. The van der Waals surface area contributed by atoms with Crippen LogP contribution >= 0.6 is 0 Å². The third-order valence-electron chi connectivity index (χ3n) is 4.77. The second kappa shape index (κ2) is 7.98. The van der Waals surface area contributed by atoms with Gasteiger partial charge in [0.15, 0.2) is 26.4 Å². The van der Waals surface area contributed by atoms with Crippen molar-refractivity contribution in [2.24, 2.45) is 5.92 Å². The predicted molar refractivity (Wildman–Crippen MR) is 97.0 cm³/mol. The standard InChI is InChI=1S/C17H19F3N6O2S/c1-29(27,28)14-8-7-13(23-24-14)26-16(22-10-11-5-3-2-4-6-11)12(9-21)15(25-26)17(18,19)20/h7-8,11,22H,2-6,10H2,1H3. The Balaban J connectivity index is 2.02. The summed E-state index contributed by atoms with van der Waals surface area (Å²) in [4.78, 5) is 0. The van der Waals surface area contributed by atoms with E-state index in [1.807, 2.05) is 0 Å². The predicted octanol–water partition coefficient (Wildman–Crippen LogP) is 2.95. The summed E-state index contributed by atoms with van der Waals surface area (Å²) in [7, 11) is -3.62. The van der Waals surface area contributed by atoms with E-state index in [2.05, 4.69) is 20.6 Å². The lowest BCUT2D eigenvalue weighted by atomic mass is 9.89. The van der Waals surface area contributed by atoms with Crippen LogP contribution in [0.1, 0.15) is 43.4 Å². The molecular formula is C17H19F3N6O2S. The van der Waals surface area contributed by atoms with Crippen LogP contribution in [0.4, 0.5) is 19.0 Å². The van der Waals surface area contributed by atoms with Gasteiger partial charge in [-0.3, -0.25) is 0 Å². The Morgan fingerprint density at radius 1 is 1.24 bits per heavy atom. The molecule has 0 bridgehead atoms. The van der Waals surface area contributed by atoms with E-state index in [0.29, 0.717) is 6.54 Å². The van der Waals surface area contributed by atoms with Crippen molar-refractivity contribution < 1.29 is 21.6 Å². The summed E-state index contributed by atoms with van der Waals surface area (Å²) in [5.74, 6) is 0.0222. The van der Waals surface area contributed by atoms with Crippen molar-refractivity contribution in [2.75, 3.05) is 18.1 Å². The Hall–Kier alpha value is -2.68. The van der Waals surface area contributed by atoms with Crippen molar-refractivity contribution in [3.63, 3.8) is 0 Å². The first-order chi connectivity index (χ1) is 13.6. The molecule has 0 spiro atoms. The lowest BCUT2D eigenvalue weighted by molar-refractivity contribution is -0.141. The van der Waals surface area contributed by atoms with Gasteiger partial charge in [0.05, 0.1) is 0 Å².